The van der Waals surface area contributed by atoms with Crippen molar-refractivity contribution in [2.24, 2.45) is 95.7 Å². The van der Waals surface area contributed by atoms with Crippen molar-refractivity contribution in [2.45, 2.75) is 251 Å². The van der Waals surface area contributed by atoms with E-state index in [1.807, 2.05) is 4.90 Å². The molecule has 1 saturated heterocycles. The largest absolute Gasteiger partial charge is 0.504 e. The summed E-state index contributed by atoms with van der Waals surface area (Å²) < 4.78 is 14.0. The van der Waals surface area contributed by atoms with Gasteiger partial charge in [0, 0.05) is 90.4 Å². The van der Waals surface area contributed by atoms with Gasteiger partial charge in [-0.2, -0.15) is 0 Å². The van der Waals surface area contributed by atoms with Crippen LogP contribution in [0.1, 0.15) is 227 Å². The number of guanidine groups is 2. The first-order valence-electron chi connectivity index (χ1n) is 36.3. The molecular formula is C75H103N7O7S2. The number of rotatable bonds is 5. The molecule has 12 bridgehead atoms. The van der Waals surface area contributed by atoms with Gasteiger partial charge in [0.25, 0.3) is 0 Å². The van der Waals surface area contributed by atoms with E-state index in [0.717, 1.165) is 127 Å². The number of nitrogens with one attached hydrogen (secondary N) is 1. The van der Waals surface area contributed by atoms with Gasteiger partial charge in [-0.3, -0.25) is 19.6 Å². The Morgan fingerprint density at radius 2 is 1.64 bits per heavy atom. The lowest BCUT2D eigenvalue weighted by Crippen LogP contribution is -2.64. The van der Waals surface area contributed by atoms with E-state index in [0.29, 0.717) is 80.8 Å². The number of aryl methyl sites for hydroxylation is 1. The maximum atomic E-state index is 15.1. The summed E-state index contributed by atoms with van der Waals surface area (Å²) in [5.74, 6) is 2.51. The third-order valence-corrected chi connectivity index (χ3v) is 32.8. The van der Waals surface area contributed by atoms with E-state index in [9.17, 15) is 20.1 Å². The minimum atomic E-state index is -0.913. The van der Waals surface area contributed by atoms with Gasteiger partial charge >= 0.3 is 5.97 Å². The Morgan fingerprint density at radius 1 is 0.835 bits per heavy atom. The standard InChI is InChI=1S/C75H103N7O7S2/c1-46(83)88-70-32-20-49-39-51(63(86)64-62(49)50-21-34-72(89-64)30-9-13-52(72)40-50)44-82-45-71(42-61(82)85)53(14-16-56(71)47-11-3-2-4-12-47)43-80-67(78)81-75(31-10-29-69(75)27-7-8-28-69)91-90-60-19-18-57-54(55(23-33-70)59(84)41-70)15-17-58(60)73(57)37-36-68(25-5-6-26-68)74(73)35-22-48(65(74)87)24-38-79-66(76)77/h2-4,11-12,18-19,21,34,39,48,50,52-60,65,84,86-87H,5-10,13-17,20,22-33,35-38,40-45H2,1H3,(H4,76,77,79)(H3,78,80,81). The van der Waals surface area contributed by atoms with Gasteiger partial charge in [0.05, 0.1) is 12.2 Å². The van der Waals surface area contributed by atoms with Crippen LogP contribution in [0.25, 0.3) is 0 Å². The molecule has 18 aliphatic rings. The summed E-state index contributed by atoms with van der Waals surface area (Å²) in [5.41, 5.74) is 21.3. The maximum absolute atomic E-state index is 15.1. The molecule has 7 aliphatic heterocycles. The quantitative estimate of drug-likeness (QED) is 0.0486. The van der Waals surface area contributed by atoms with Gasteiger partial charge in [0.1, 0.15) is 16.1 Å². The average molecular weight is 1280 g/mol. The maximum Gasteiger partial charge on any atom is 0.303 e. The van der Waals surface area contributed by atoms with Gasteiger partial charge in [-0.15, -0.1) is 0 Å². The van der Waals surface area contributed by atoms with Crippen LogP contribution in [0, 0.1) is 68.5 Å². The van der Waals surface area contributed by atoms with Crippen LogP contribution in [0.5, 0.6) is 11.5 Å². The van der Waals surface area contributed by atoms with E-state index in [4.69, 9.17) is 31.7 Å². The SMILES string of the molecule is CC(=O)OC12CCc3cc(c(O)c4c3C3C=CC5(CCCC5C3)O4)CN3CC4(CC3=O)C(CCC4c3ccccc3)CN=C(N)NC3(CCCC34CCCC4)SSC3C=CC4C(CCC3C43CCC4(CCCC4)C34CCC(CCN=C(N)N)C4O)C(CC1)C(O)C2. The number of hydrogen-bond donors (Lipinski definition) is 7. The number of aliphatic imine (C=N–C) groups is 2. The van der Waals surface area contributed by atoms with Gasteiger partial charge in [0.15, 0.2) is 23.4 Å². The zero-order chi connectivity index (χ0) is 62.3. The minimum Gasteiger partial charge on any atom is -0.504 e. The normalized spacial score (nSPS) is 43.2. The van der Waals surface area contributed by atoms with Crippen LogP contribution in [0.2, 0.25) is 0 Å². The van der Waals surface area contributed by atoms with E-state index in [-0.39, 0.29) is 103 Å². The highest BCUT2D eigenvalue weighted by molar-refractivity contribution is 8.77. The molecule has 10 fully saturated rings. The number of fused-ring (bicyclic) bond motifs is 3. The number of hydrogen-bond acceptors (Lipinski definition) is 13. The Kier molecular flexibility index (Phi) is 15.5. The van der Waals surface area contributed by atoms with Crippen LogP contribution >= 0.6 is 21.6 Å². The molecule has 14 nitrogen and oxygen atoms in total. The van der Waals surface area contributed by atoms with Crippen molar-refractivity contribution in [1.82, 2.24) is 10.2 Å². The van der Waals surface area contributed by atoms with Crippen molar-refractivity contribution >= 4 is 45.4 Å². The van der Waals surface area contributed by atoms with Crippen molar-refractivity contribution in [2.75, 3.05) is 19.6 Å². The van der Waals surface area contributed by atoms with Crippen LogP contribution in [0.3, 0.4) is 0 Å². The number of nitrogens with two attached hydrogens (primary N) is 3. The molecule has 7 heterocycles. The molecule has 1 amide bonds. The first-order chi connectivity index (χ1) is 44.0. The summed E-state index contributed by atoms with van der Waals surface area (Å²) >= 11 is 0. The Morgan fingerprint density at radius 3 is 2.43 bits per heavy atom. The smallest absolute Gasteiger partial charge is 0.303 e. The summed E-state index contributed by atoms with van der Waals surface area (Å²) in [4.78, 5) is 40.5. The topological polar surface area (TPSA) is 231 Å². The van der Waals surface area contributed by atoms with Crippen LogP contribution < -0.4 is 27.3 Å². The van der Waals surface area contributed by atoms with Gasteiger partial charge in [-0.25, -0.2) is 0 Å². The Labute approximate surface area is 548 Å². The van der Waals surface area contributed by atoms with Crippen molar-refractivity contribution < 1.29 is 34.4 Å². The molecule has 18 atom stereocenters. The third-order valence-electron chi connectivity index (χ3n) is 29.2. The van der Waals surface area contributed by atoms with E-state index in [1.54, 1.807) is 0 Å². The first kappa shape index (κ1) is 61.5. The number of aliphatic hydroxyl groups is 2. The lowest BCUT2D eigenvalue weighted by molar-refractivity contribution is -0.196. The monoisotopic (exact) mass is 1280 g/mol. The number of aromatic hydroxyl groups is 1. The minimum absolute atomic E-state index is 0.0106. The zero-order valence-corrected chi connectivity index (χ0v) is 55.7. The molecule has 2 aromatic rings. The fourth-order valence-electron chi connectivity index (χ4n) is 25.6. The number of carbonyl (C=O) groups is 2. The number of carbonyl (C=O) groups excluding carboxylic acids is 2. The van der Waals surface area contributed by atoms with Gasteiger partial charge < -0.3 is 52.2 Å². The summed E-state index contributed by atoms with van der Waals surface area (Å²) in [6.07, 6.45) is 37.7. The van der Waals surface area contributed by atoms with Crippen LogP contribution in [0.15, 0.2) is 70.7 Å². The number of amides is 1. The fourth-order valence-corrected chi connectivity index (χ4v) is 29.7. The van der Waals surface area contributed by atoms with E-state index in [1.165, 1.54) is 57.4 Å². The molecule has 9 saturated carbocycles. The predicted octanol–water partition coefficient (Wildman–Crippen LogP) is 12.8. The summed E-state index contributed by atoms with van der Waals surface area (Å²) in [6.45, 7) is 3.37. The second kappa shape index (κ2) is 22.9. The molecule has 11 aliphatic carbocycles. The second-order valence-corrected chi connectivity index (χ2v) is 35.2. The van der Waals surface area contributed by atoms with Crippen LogP contribution in [-0.2, 0) is 27.3 Å². The molecule has 7 spiro atoms. The number of allylic oxidation sites excluding steroid dienone is 2. The molecule has 16 heteroatoms. The number of phenols is 1. The predicted molar refractivity (Wildman–Crippen MR) is 360 cm³/mol. The summed E-state index contributed by atoms with van der Waals surface area (Å²) in [6, 6.07) is 13.0. The highest BCUT2D eigenvalue weighted by atomic mass is 33.1. The lowest BCUT2D eigenvalue weighted by Gasteiger charge is -2.66. The summed E-state index contributed by atoms with van der Waals surface area (Å²) in [5, 5.41) is 44.3. The molecule has 91 heavy (non-hydrogen) atoms. The first-order valence-corrected chi connectivity index (χ1v) is 38.5. The van der Waals surface area contributed by atoms with Gasteiger partial charge in [-0.1, -0.05) is 95.8 Å². The highest BCUT2D eigenvalue weighted by Crippen LogP contribution is 2.83. The van der Waals surface area contributed by atoms with Crippen molar-refractivity contribution in [3.63, 3.8) is 0 Å². The molecule has 0 radical (unpaired) electrons. The molecular weight excluding hydrogens is 1180 g/mol. The number of ether oxygens (including phenoxy) is 2. The highest BCUT2D eigenvalue weighted by Gasteiger charge is 2.78. The molecule has 0 aromatic heterocycles. The van der Waals surface area contributed by atoms with E-state index >= 15 is 4.79 Å². The Bertz CT molecular complexity index is 3280. The number of benzene rings is 2. The molecule has 2 aromatic carbocycles. The molecule has 18 unspecified atom stereocenters. The number of esters is 1. The van der Waals surface area contributed by atoms with E-state index < -0.39 is 28.8 Å². The Balaban J connectivity index is 0.823. The number of phenolic OH excluding ortho intramolecular Hbond substituents is 1. The second-order valence-electron chi connectivity index (χ2n) is 32.5. The molecule has 10 N–H and O–H groups in total. The summed E-state index contributed by atoms with van der Waals surface area (Å²) in [7, 11) is 4.19. The Hall–Kier alpha value is -4.38. The molecule has 20 rings (SSSR count). The van der Waals surface area contributed by atoms with Crippen LogP contribution in [0.4, 0.5) is 0 Å². The third kappa shape index (κ3) is 9.38. The van der Waals surface area contributed by atoms with E-state index in [2.05, 4.69) is 92.6 Å². The number of aliphatic hydroxyl groups excluding tert-OH is 2. The molecule has 492 valence electrons. The average Bonchev–Trinajstić information content (AvgIpc) is 1.51. The number of nitrogens with zero attached hydrogens (tertiary/aromatic N) is 3. The van der Waals surface area contributed by atoms with Gasteiger partial charge in [0.2, 0.25) is 5.91 Å². The zero-order valence-electron chi connectivity index (χ0n) is 54.1. The van der Waals surface area contributed by atoms with Crippen molar-refractivity contribution in [1.29, 1.82) is 0 Å². The van der Waals surface area contributed by atoms with Crippen molar-refractivity contribution in [3.05, 3.63) is 83.0 Å². The van der Waals surface area contributed by atoms with Crippen LogP contribution in [-0.4, -0.2) is 97.2 Å². The van der Waals surface area contributed by atoms with Crippen molar-refractivity contribution in [3.8, 4) is 11.5 Å². The lowest BCUT2D eigenvalue weighted by atomic mass is 9.39. The van der Waals surface area contributed by atoms with Gasteiger partial charge in [-0.05, 0) is 230 Å². The fraction of sp³-hybridized carbons (Fsp3) is 0.733.